The van der Waals surface area contributed by atoms with E-state index in [1.165, 1.54) is 0 Å². The molecule has 1 amide bonds. The molecule has 2 fully saturated rings. The van der Waals surface area contributed by atoms with Crippen molar-refractivity contribution in [3.8, 4) is 0 Å². The third-order valence-electron chi connectivity index (χ3n) is 5.02. The van der Waals surface area contributed by atoms with Crippen LogP contribution in [0.5, 0.6) is 0 Å². The van der Waals surface area contributed by atoms with Crippen LogP contribution in [0, 0.1) is 13.8 Å². The summed E-state index contributed by atoms with van der Waals surface area (Å²) < 4.78 is 2.06. The summed E-state index contributed by atoms with van der Waals surface area (Å²) in [4.78, 5) is 28.4. The number of hydrogen-bond donors (Lipinski definition) is 0. The number of fused-ring (bicyclic) bond motifs is 1. The van der Waals surface area contributed by atoms with E-state index < -0.39 is 0 Å². The van der Waals surface area contributed by atoms with Gasteiger partial charge in [-0.1, -0.05) is 0 Å². The van der Waals surface area contributed by atoms with Gasteiger partial charge in [0.15, 0.2) is 5.78 Å². The summed E-state index contributed by atoms with van der Waals surface area (Å²) in [6.07, 6.45) is 1.61. The third-order valence-corrected chi connectivity index (χ3v) is 5.02. The van der Waals surface area contributed by atoms with Gasteiger partial charge in [0.25, 0.3) is 0 Å². The molecule has 114 valence electrons. The molecule has 21 heavy (non-hydrogen) atoms. The fourth-order valence-electron chi connectivity index (χ4n) is 3.50. The summed E-state index contributed by atoms with van der Waals surface area (Å²) in [7, 11) is 1.99. The minimum absolute atomic E-state index is 0.189. The van der Waals surface area contributed by atoms with E-state index in [0.29, 0.717) is 19.0 Å². The predicted molar refractivity (Wildman–Crippen MR) is 80.4 cm³/mol. The molecule has 1 unspecified atom stereocenters. The van der Waals surface area contributed by atoms with Crippen molar-refractivity contribution in [1.29, 1.82) is 0 Å². The van der Waals surface area contributed by atoms with Gasteiger partial charge in [0.2, 0.25) is 5.91 Å². The first kappa shape index (κ1) is 14.3. The number of Topliss-reactive ketones (excluding diaryl/α,β-unsaturated/α-hetero) is 1. The molecule has 0 aliphatic carbocycles. The zero-order chi connectivity index (χ0) is 15.1. The molecule has 3 rings (SSSR count). The highest BCUT2D eigenvalue weighted by Crippen LogP contribution is 2.23. The second-order valence-corrected chi connectivity index (χ2v) is 6.28. The SMILES string of the molecule is Cc1cc(C(=O)CN2CCN3C(=O)CCC3C2)c(C)n1C. The Morgan fingerprint density at radius 2 is 2.10 bits per heavy atom. The molecule has 2 aliphatic heterocycles. The molecule has 2 saturated heterocycles. The van der Waals surface area contributed by atoms with Crippen LogP contribution in [0.2, 0.25) is 0 Å². The normalized spacial score (nSPS) is 22.7. The van der Waals surface area contributed by atoms with Gasteiger partial charge >= 0.3 is 0 Å². The van der Waals surface area contributed by atoms with Crippen molar-refractivity contribution < 1.29 is 9.59 Å². The van der Waals surface area contributed by atoms with Gasteiger partial charge in [-0.15, -0.1) is 0 Å². The number of aromatic nitrogens is 1. The number of aryl methyl sites for hydroxylation is 1. The number of rotatable bonds is 3. The van der Waals surface area contributed by atoms with E-state index in [1.54, 1.807) is 0 Å². The fourth-order valence-corrected chi connectivity index (χ4v) is 3.50. The van der Waals surface area contributed by atoms with Gasteiger partial charge in [-0.2, -0.15) is 0 Å². The molecule has 0 N–H and O–H groups in total. The number of nitrogens with zero attached hydrogens (tertiary/aromatic N) is 3. The predicted octanol–water partition coefficient (Wildman–Crippen LogP) is 1.13. The van der Waals surface area contributed by atoms with E-state index in [9.17, 15) is 9.59 Å². The summed E-state index contributed by atoms with van der Waals surface area (Å²) in [6.45, 7) is 6.88. The van der Waals surface area contributed by atoms with Crippen LogP contribution in [0.15, 0.2) is 6.07 Å². The molecular formula is C16H23N3O2. The number of amides is 1. The van der Waals surface area contributed by atoms with E-state index >= 15 is 0 Å². The summed E-state index contributed by atoms with van der Waals surface area (Å²) in [5.41, 5.74) is 2.98. The second-order valence-electron chi connectivity index (χ2n) is 6.28. The molecule has 2 aliphatic rings. The lowest BCUT2D eigenvalue weighted by Gasteiger charge is -2.37. The van der Waals surface area contributed by atoms with Crippen LogP contribution >= 0.6 is 0 Å². The molecular weight excluding hydrogens is 266 g/mol. The number of ketones is 1. The van der Waals surface area contributed by atoms with Crippen molar-refractivity contribution in [3.05, 3.63) is 23.0 Å². The number of carbonyl (C=O) groups is 2. The number of carbonyl (C=O) groups excluding carboxylic acids is 2. The first-order valence-electron chi connectivity index (χ1n) is 7.65. The first-order chi connectivity index (χ1) is 9.97. The van der Waals surface area contributed by atoms with Crippen LogP contribution < -0.4 is 0 Å². The van der Waals surface area contributed by atoms with Gasteiger partial charge < -0.3 is 9.47 Å². The molecule has 5 nitrogen and oxygen atoms in total. The van der Waals surface area contributed by atoms with Crippen LogP contribution in [0.1, 0.15) is 34.6 Å². The van der Waals surface area contributed by atoms with Crippen LogP contribution in [0.25, 0.3) is 0 Å². The van der Waals surface area contributed by atoms with Crippen molar-refractivity contribution in [2.24, 2.45) is 7.05 Å². The maximum Gasteiger partial charge on any atom is 0.222 e. The van der Waals surface area contributed by atoms with Gasteiger partial charge in [0.1, 0.15) is 0 Å². The van der Waals surface area contributed by atoms with Crippen molar-refractivity contribution in [1.82, 2.24) is 14.4 Å². The molecule has 1 aromatic rings. The van der Waals surface area contributed by atoms with Gasteiger partial charge in [-0.25, -0.2) is 0 Å². The minimum Gasteiger partial charge on any atom is -0.351 e. The molecule has 0 saturated carbocycles. The molecule has 1 aromatic heterocycles. The second kappa shape index (κ2) is 5.30. The van der Waals surface area contributed by atoms with Gasteiger partial charge in [-0.3, -0.25) is 14.5 Å². The van der Waals surface area contributed by atoms with Crippen LogP contribution in [0.3, 0.4) is 0 Å². The van der Waals surface area contributed by atoms with Crippen LogP contribution in [-0.2, 0) is 11.8 Å². The first-order valence-corrected chi connectivity index (χ1v) is 7.65. The largest absolute Gasteiger partial charge is 0.351 e. The lowest BCUT2D eigenvalue weighted by Crippen LogP contribution is -2.52. The molecule has 1 atom stereocenters. The van der Waals surface area contributed by atoms with E-state index in [2.05, 4.69) is 9.47 Å². The van der Waals surface area contributed by atoms with Gasteiger partial charge in [0, 0.05) is 56.1 Å². The zero-order valence-corrected chi connectivity index (χ0v) is 13.1. The number of piperazine rings is 1. The fraction of sp³-hybridized carbons (Fsp3) is 0.625. The lowest BCUT2D eigenvalue weighted by atomic mass is 10.1. The van der Waals surface area contributed by atoms with Crippen molar-refractivity contribution in [2.45, 2.75) is 32.7 Å². The average molecular weight is 289 g/mol. The molecule has 0 bridgehead atoms. The maximum atomic E-state index is 12.5. The topological polar surface area (TPSA) is 45.6 Å². The molecule has 3 heterocycles. The van der Waals surface area contributed by atoms with Crippen molar-refractivity contribution in [3.63, 3.8) is 0 Å². The Morgan fingerprint density at radius 1 is 1.33 bits per heavy atom. The minimum atomic E-state index is 0.189. The maximum absolute atomic E-state index is 12.5. The molecule has 0 aromatic carbocycles. The highest BCUT2D eigenvalue weighted by atomic mass is 16.2. The lowest BCUT2D eigenvalue weighted by molar-refractivity contribution is -0.130. The molecule has 0 radical (unpaired) electrons. The Labute approximate surface area is 125 Å². The molecule has 5 heteroatoms. The standard InChI is InChI=1S/C16H23N3O2/c1-11-8-14(12(2)17(11)3)15(20)10-18-6-7-19-13(9-18)4-5-16(19)21/h8,13H,4-7,9-10H2,1-3H3. The summed E-state index contributed by atoms with van der Waals surface area (Å²) in [5.74, 6) is 0.467. The highest BCUT2D eigenvalue weighted by Gasteiger charge is 2.35. The van der Waals surface area contributed by atoms with Gasteiger partial charge in [-0.05, 0) is 26.3 Å². The summed E-state index contributed by atoms with van der Waals surface area (Å²) in [5, 5.41) is 0. The summed E-state index contributed by atoms with van der Waals surface area (Å²) >= 11 is 0. The van der Waals surface area contributed by atoms with E-state index in [0.717, 1.165) is 43.0 Å². The molecule has 0 spiro atoms. The Balaban J connectivity index is 1.66. The Hall–Kier alpha value is -1.62. The van der Waals surface area contributed by atoms with Gasteiger partial charge in [0.05, 0.1) is 6.54 Å². The Kier molecular flexibility index (Phi) is 3.61. The third kappa shape index (κ3) is 2.50. The van der Waals surface area contributed by atoms with E-state index in [1.807, 2.05) is 31.9 Å². The quantitative estimate of drug-likeness (QED) is 0.784. The highest BCUT2D eigenvalue weighted by molar-refractivity contribution is 5.99. The Bertz CT molecular complexity index is 591. The average Bonchev–Trinajstić information content (AvgIpc) is 2.94. The van der Waals surface area contributed by atoms with E-state index in [-0.39, 0.29) is 11.7 Å². The Morgan fingerprint density at radius 3 is 2.76 bits per heavy atom. The van der Waals surface area contributed by atoms with Crippen molar-refractivity contribution in [2.75, 3.05) is 26.2 Å². The van der Waals surface area contributed by atoms with Crippen LogP contribution in [-0.4, -0.2) is 58.3 Å². The zero-order valence-electron chi connectivity index (χ0n) is 13.1. The number of hydrogen-bond acceptors (Lipinski definition) is 3. The van der Waals surface area contributed by atoms with Crippen LogP contribution in [0.4, 0.5) is 0 Å². The summed E-state index contributed by atoms with van der Waals surface area (Å²) in [6, 6.07) is 2.30. The van der Waals surface area contributed by atoms with Crippen molar-refractivity contribution >= 4 is 11.7 Å². The smallest absolute Gasteiger partial charge is 0.222 e. The van der Waals surface area contributed by atoms with E-state index in [4.69, 9.17) is 0 Å². The monoisotopic (exact) mass is 289 g/mol.